The van der Waals surface area contributed by atoms with Crippen molar-refractivity contribution >= 4 is 11.3 Å². The average molecular weight is 265 g/mol. The topological polar surface area (TPSA) is 12.0 Å². The molecule has 18 heavy (non-hydrogen) atoms. The van der Waals surface area contributed by atoms with E-state index >= 15 is 0 Å². The molecule has 1 fully saturated rings. The molecule has 2 rings (SSSR count). The van der Waals surface area contributed by atoms with E-state index in [0.717, 1.165) is 18.4 Å². The molecule has 1 aliphatic carbocycles. The molecule has 1 saturated carbocycles. The summed E-state index contributed by atoms with van der Waals surface area (Å²) in [5, 5.41) is 5.99. The van der Waals surface area contributed by atoms with Gasteiger partial charge in [-0.1, -0.05) is 33.1 Å². The van der Waals surface area contributed by atoms with Crippen LogP contribution in [0, 0.1) is 18.8 Å². The van der Waals surface area contributed by atoms with Gasteiger partial charge in [0.25, 0.3) is 0 Å². The summed E-state index contributed by atoms with van der Waals surface area (Å²) in [7, 11) is 0. The fourth-order valence-corrected chi connectivity index (χ4v) is 4.22. The molecular weight excluding hydrogens is 238 g/mol. The van der Waals surface area contributed by atoms with E-state index in [1.165, 1.54) is 37.0 Å². The summed E-state index contributed by atoms with van der Waals surface area (Å²) in [5.74, 6) is 1.81. The van der Waals surface area contributed by atoms with Crippen molar-refractivity contribution in [1.82, 2.24) is 5.32 Å². The molecule has 1 aliphatic rings. The quantitative estimate of drug-likeness (QED) is 0.796. The molecule has 0 radical (unpaired) electrons. The Labute approximate surface area is 116 Å². The highest BCUT2D eigenvalue weighted by atomic mass is 32.1. The summed E-state index contributed by atoms with van der Waals surface area (Å²) in [4.78, 5) is 1.50. The van der Waals surface area contributed by atoms with E-state index < -0.39 is 0 Å². The summed E-state index contributed by atoms with van der Waals surface area (Å²) >= 11 is 1.89. The smallest absolute Gasteiger partial charge is 0.0359 e. The lowest BCUT2D eigenvalue weighted by Crippen LogP contribution is -2.31. The Kier molecular flexibility index (Phi) is 5.25. The standard InChI is InChI=1S/C16H27NS/c1-4-13-7-6-8-14(11-13)16(17-5-2)15-9-10-18-12(15)3/h9-10,13-14,16-17H,4-8,11H2,1-3H3. The summed E-state index contributed by atoms with van der Waals surface area (Å²) < 4.78 is 0. The van der Waals surface area contributed by atoms with Crippen LogP contribution in [-0.2, 0) is 0 Å². The van der Waals surface area contributed by atoms with E-state index in [1.807, 2.05) is 11.3 Å². The van der Waals surface area contributed by atoms with E-state index in [4.69, 9.17) is 0 Å². The summed E-state index contributed by atoms with van der Waals surface area (Å²) in [6, 6.07) is 2.93. The molecular formula is C16H27NS. The minimum atomic E-state index is 0.593. The lowest BCUT2D eigenvalue weighted by atomic mass is 9.75. The van der Waals surface area contributed by atoms with Gasteiger partial charge < -0.3 is 5.32 Å². The van der Waals surface area contributed by atoms with Gasteiger partial charge in [-0.2, -0.15) is 0 Å². The van der Waals surface area contributed by atoms with Crippen molar-refractivity contribution in [3.8, 4) is 0 Å². The van der Waals surface area contributed by atoms with Crippen LogP contribution < -0.4 is 5.32 Å². The zero-order valence-electron chi connectivity index (χ0n) is 12.0. The van der Waals surface area contributed by atoms with Crippen LogP contribution in [0.2, 0.25) is 0 Å². The molecule has 0 spiro atoms. The van der Waals surface area contributed by atoms with Crippen molar-refractivity contribution in [3.05, 3.63) is 21.9 Å². The molecule has 0 bridgehead atoms. The van der Waals surface area contributed by atoms with Crippen molar-refractivity contribution < 1.29 is 0 Å². The van der Waals surface area contributed by atoms with Crippen LogP contribution in [0.15, 0.2) is 11.4 Å². The molecule has 0 saturated heterocycles. The second-order valence-electron chi connectivity index (χ2n) is 5.67. The van der Waals surface area contributed by atoms with Gasteiger partial charge in [0.2, 0.25) is 0 Å². The zero-order valence-corrected chi connectivity index (χ0v) is 12.9. The molecule has 0 aliphatic heterocycles. The largest absolute Gasteiger partial charge is 0.310 e. The minimum absolute atomic E-state index is 0.593. The number of hydrogen-bond acceptors (Lipinski definition) is 2. The van der Waals surface area contributed by atoms with Crippen LogP contribution in [0.1, 0.15) is 62.4 Å². The van der Waals surface area contributed by atoms with Gasteiger partial charge in [-0.3, -0.25) is 0 Å². The van der Waals surface area contributed by atoms with Gasteiger partial charge >= 0.3 is 0 Å². The Hall–Kier alpha value is -0.340. The second kappa shape index (κ2) is 6.72. The summed E-state index contributed by atoms with van der Waals surface area (Å²) in [6.07, 6.45) is 7.06. The molecule has 1 N–H and O–H groups in total. The van der Waals surface area contributed by atoms with E-state index in [1.54, 1.807) is 5.56 Å². The third-order valence-corrected chi connectivity index (χ3v) is 5.39. The van der Waals surface area contributed by atoms with E-state index in [0.29, 0.717) is 6.04 Å². The lowest BCUT2D eigenvalue weighted by Gasteiger charge is -2.35. The fourth-order valence-electron chi connectivity index (χ4n) is 3.47. The molecule has 1 nitrogen and oxygen atoms in total. The minimum Gasteiger partial charge on any atom is -0.310 e. The Morgan fingerprint density at radius 3 is 2.83 bits per heavy atom. The third kappa shape index (κ3) is 3.16. The molecule has 3 unspecified atom stereocenters. The number of nitrogens with one attached hydrogen (secondary N) is 1. The normalized spacial score (nSPS) is 26.2. The molecule has 3 atom stereocenters. The zero-order chi connectivity index (χ0) is 13.0. The maximum Gasteiger partial charge on any atom is 0.0359 e. The predicted octanol–water partition coefficient (Wildman–Crippen LogP) is 4.92. The van der Waals surface area contributed by atoms with Gasteiger partial charge in [-0.15, -0.1) is 11.3 Å². The van der Waals surface area contributed by atoms with Crippen molar-refractivity contribution in [3.63, 3.8) is 0 Å². The number of thiophene rings is 1. The highest BCUT2D eigenvalue weighted by Crippen LogP contribution is 2.40. The van der Waals surface area contributed by atoms with Crippen LogP contribution in [0.25, 0.3) is 0 Å². The van der Waals surface area contributed by atoms with Gasteiger partial charge in [0.15, 0.2) is 0 Å². The van der Waals surface area contributed by atoms with Crippen LogP contribution in [0.4, 0.5) is 0 Å². The Bertz CT molecular complexity index is 358. The first kappa shape index (κ1) is 14.1. The highest BCUT2D eigenvalue weighted by Gasteiger charge is 2.29. The Morgan fingerprint density at radius 2 is 2.22 bits per heavy atom. The SMILES string of the molecule is CCNC(c1ccsc1C)C1CCCC(CC)C1. The van der Waals surface area contributed by atoms with Crippen LogP contribution >= 0.6 is 11.3 Å². The van der Waals surface area contributed by atoms with Crippen LogP contribution in [0.5, 0.6) is 0 Å². The van der Waals surface area contributed by atoms with Crippen molar-refractivity contribution in [2.24, 2.45) is 11.8 Å². The third-order valence-electron chi connectivity index (χ3n) is 4.53. The van der Waals surface area contributed by atoms with Crippen molar-refractivity contribution in [2.75, 3.05) is 6.54 Å². The first-order chi connectivity index (χ1) is 8.76. The maximum absolute atomic E-state index is 3.75. The monoisotopic (exact) mass is 265 g/mol. The first-order valence-electron chi connectivity index (χ1n) is 7.53. The summed E-state index contributed by atoms with van der Waals surface area (Å²) in [5.41, 5.74) is 1.56. The predicted molar refractivity (Wildman–Crippen MR) is 81.2 cm³/mol. The lowest BCUT2D eigenvalue weighted by molar-refractivity contribution is 0.210. The van der Waals surface area contributed by atoms with Crippen LogP contribution in [0.3, 0.4) is 0 Å². The molecule has 1 aromatic heterocycles. The molecule has 0 aromatic carbocycles. The molecule has 0 amide bonds. The van der Waals surface area contributed by atoms with Crippen molar-refractivity contribution in [2.45, 2.75) is 58.9 Å². The Morgan fingerprint density at radius 1 is 1.39 bits per heavy atom. The number of aryl methyl sites for hydroxylation is 1. The van der Waals surface area contributed by atoms with Gasteiger partial charge in [-0.05, 0) is 55.2 Å². The first-order valence-corrected chi connectivity index (χ1v) is 8.41. The van der Waals surface area contributed by atoms with Gasteiger partial charge in [0.1, 0.15) is 0 Å². The van der Waals surface area contributed by atoms with Gasteiger partial charge in [0.05, 0.1) is 0 Å². The van der Waals surface area contributed by atoms with E-state index in [2.05, 4.69) is 37.5 Å². The van der Waals surface area contributed by atoms with Gasteiger partial charge in [0, 0.05) is 10.9 Å². The molecule has 1 aromatic rings. The maximum atomic E-state index is 3.75. The highest BCUT2D eigenvalue weighted by molar-refractivity contribution is 7.10. The Balaban J connectivity index is 2.12. The average Bonchev–Trinajstić information content (AvgIpc) is 2.82. The molecule has 2 heteroatoms. The fraction of sp³-hybridized carbons (Fsp3) is 0.750. The second-order valence-corrected chi connectivity index (χ2v) is 6.79. The van der Waals surface area contributed by atoms with E-state index in [-0.39, 0.29) is 0 Å². The van der Waals surface area contributed by atoms with Crippen molar-refractivity contribution in [1.29, 1.82) is 0 Å². The molecule has 1 heterocycles. The number of rotatable bonds is 5. The van der Waals surface area contributed by atoms with E-state index in [9.17, 15) is 0 Å². The van der Waals surface area contributed by atoms with Crippen LogP contribution in [-0.4, -0.2) is 6.54 Å². The molecule has 102 valence electrons. The number of hydrogen-bond donors (Lipinski definition) is 1. The summed E-state index contributed by atoms with van der Waals surface area (Å²) in [6.45, 7) is 7.93. The van der Waals surface area contributed by atoms with Gasteiger partial charge in [-0.25, -0.2) is 0 Å².